The quantitative estimate of drug-likeness (QED) is 0.756. The van der Waals surface area contributed by atoms with Gasteiger partial charge in [0.25, 0.3) is 0 Å². The molecule has 1 aromatic heterocycles. The molecule has 0 fully saturated rings. The van der Waals surface area contributed by atoms with Gasteiger partial charge in [-0.15, -0.1) is 0 Å². The molecule has 0 saturated carbocycles. The molecule has 6 nitrogen and oxygen atoms in total. The van der Waals surface area contributed by atoms with E-state index in [0.717, 1.165) is 4.31 Å². The van der Waals surface area contributed by atoms with Crippen LogP contribution in [-0.2, 0) is 14.8 Å². The molecule has 0 aliphatic carbocycles. The zero-order chi connectivity index (χ0) is 14.6. The van der Waals surface area contributed by atoms with E-state index in [9.17, 15) is 13.5 Å². The first-order chi connectivity index (χ1) is 8.78. The summed E-state index contributed by atoms with van der Waals surface area (Å²) in [5.74, 6) is 0. The maximum atomic E-state index is 12.3. The van der Waals surface area contributed by atoms with Crippen molar-refractivity contribution in [1.82, 2.24) is 9.29 Å². The second kappa shape index (κ2) is 6.96. The Bertz CT molecular complexity index is 540. The number of sulfonamides is 1. The fraction of sp³-hybridized carbons (Fsp3) is 0.500. The van der Waals surface area contributed by atoms with Crippen molar-refractivity contribution in [2.75, 3.05) is 27.3 Å². The van der Waals surface area contributed by atoms with Crippen molar-refractivity contribution in [3.63, 3.8) is 0 Å². The average Bonchev–Trinajstić information content (AvgIpc) is 2.32. The molecule has 0 saturated heterocycles. The number of rotatable bonds is 6. The topological polar surface area (TPSA) is 79.7 Å². The summed E-state index contributed by atoms with van der Waals surface area (Å²) in [6.07, 6.45) is 0.491. The summed E-state index contributed by atoms with van der Waals surface area (Å²) in [4.78, 5) is 3.65. The Morgan fingerprint density at radius 2 is 2.26 bits per heavy atom. The van der Waals surface area contributed by atoms with Gasteiger partial charge in [0.15, 0.2) is 0 Å². The highest BCUT2D eigenvalue weighted by Crippen LogP contribution is 2.25. The van der Waals surface area contributed by atoms with Crippen molar-refractivity contribution in [2.45, 2.75) is 11.0 Å². The lowest BCUT2D eigenvalue weighted by Gasteiger charge is -2.20. The Balaban J connectivity index is 3.00. The lowest BCUT2D eigenvalue weighted by molar-refractivity contribution is 0.0554. The molecule has 0 radical (unpaired) electrons. The van der Waals surface area contributed by atoms with Crippen LogP contribution >= 0.6 is 27.5 Å². The van der Waals surface area contributed by atoms with Crippen LogP contribution in [0.1, 0.15) is 0 Å². The number of aromatic nitrogens is 1. The number of aliphatic hydroxyl groups excluding tert-OH is 1. The van der Waals surface area contributed by atoms with E-state index >= 15 is 0 Å². The molecular weight excluding hydrogens is 360 g/mol. The number of halogens is 2. The summed E-state index contributed by atoms with van der Waals surface area (Å²) >= 11 is 8.94. The summed E-state index contributed by atoms with van der Waals surface area (Å²) in [7, 11) is -1.04. The standard InChI is InChI=1S/C10H14BrClN2O4S/c1-14(5-8(15)6-18-2)19(16,17)9-3-7(11)4-13-10(9)12/h3-4,8,15H,5-6H2,1-2H3. The van der Waals surface area contributed by atoms with Crippen LogP contribution in [0, 0.1) is 0 Å². The number of methoxy groups -OCH3 is 1. The number of ether oxygens (including phenoxy) is 1. The number of pyridine rings is 1. The van der Waals surface area contributed by atoms with Gasteiger partial charge in [-0.25, -0.2) is 13.4 Å². The molecule has 0 aliphatic rings. The minimum Gasteiger partial charge on any atom is -0.389 e. The van der Waals surface area contributed by atoms with Crippen LogP contribution in [0.15, 0.2) is 21.6 Å². The second-order valence-corrected chi connectivity index (χ2v) is 7.12. The van der Waals surface area contributed by atoms with Crippen molar-refractivity contribution < 1.29 is 18.3 Å². The van der Waals surface area contributed by atoms with Gasteiger partial charge in [0.05, 0.1) is 12.7 Å². The second-order valence-electron chi connectivity index (χ2n) is 3.84. The predicted octanol–water partition coefficient (Wildman–Crippen LogP) is 1.13. The molecule has 0 aromatic carbocycles. The van der Waals surface area contributed by atoms with Gasteiger partial charge in [-0.1, -0.05) is 11.6 Å². The lowest BCUT2D eigenvalue weighted by Crippen LogP contribution is -2.36. The molecule has 0 bridgehead atoms. The molecule has 108 valence electrons. The molecule has 0 spiro atoms. The van der Waals surface area contributed by atoms with Gasteiger partial charge in [-0.2, -0.15) is 4.31 Å². The van der Waals surface area contributed by atoms with Gasteiger partial charge < -0.3 is 9.84 Å². The molecule has 0 amide bonds. The van der Waals surface area contributed by atoms with E-state index < -0.39 is 16.1 Å². The van der Waals surface area contributed by atoms with Crippen LogP contribution in [0.5, 0.6) is 0 Å². The van der Waals surface area contributed by atoms with E-state index in [1.807, 2.05) is 0 Å². The van der Waals surface area contributed by atoms with E-state index in [0.29, 0.717) is 4.47 Å². The zero-order valence-corrected chi connectivity index (χ0v) is 13.5. The Morgan fingerprint density at radius 3 is 2.84 bits per heavy atom. The van der Waals surface area contributed by atoms with E-state index in [1.54, 1.807) is 0 Å². The van der Waals surface area contributed by atoms with Gasteiger partial charge >= 0.3 is 0 Å². The summed E-state index contributed by atoms with van der Waals surface area (Å²) in [6.45, 7) is -0.0522. The van der Waals surface area contributed by atoms with Crippen LogP contribution in [0.3, 0.4) is 0 Å². The maximum absolute atomic E-state index is 12.3. The molecule has 19 heavy (non-hydrogen) atoms. The fourth-order valence-electron chi connectivity index (χ4n) is 1.39. The minimum atomic E-state index is -3.81. The third-order valence-electron chi connectivity index (χ3n) is 2.29. The summed E-state index contributed by atoms with van der Waals surface area (Å²) < 4.78 is 30.8. The van der Waals surface area contributed by atoms with Crippen LogP contribution in [-0.4, -0.2) is 56.2 Å². The first kappa shape index (κ1) is 16.8. The Kier molecular flexibility index (Phi) is 6.15. The first-order valence-corrected chi connectivity index (χ1v) is 7.84. The van der Waals surface area contributed by atoms with Gasteiger partial charge in [-0.05, 0) is 22.0 Å². The maximum Gasteiger partial charge on any atom is 0.246 e. The minimum absolute atomic E-state index is 0.0460. The molecule has 1 unspecified atom stereocenters. The Labute approximate surface area is 125 Å². The average molecular weight is 374 g/mol. The molecule has 1 heterocycles. The third kappa shape index (κ3) is 4.37. The van der Waals surface area contributed by atoms with E-state index in [2.05, 4.69) is 20.9 Å². The van der Waals surface area contributed by atoms with Crippen LogP contribution in [0.25, 0.3) is 0 Å². The monoisotopic (exact) mass is 372 g/mol. The van der Waals surface area contributed by atoms with Gasteiger partial charge in [0.2, 0.25) is 10.0 Å². The van der Waals surface area contributed by atoms with Gasteiger partial charge in [0, 0.05) is 31.4 Å². The van der Waals surface area contributed by atoms with E-state index in [-0.39, 0.29) is 23.2 Å². The molecule has 9 heteroatoms. The number of hydrogen-bond donors (Lipinski definition) is 1. The normalized spacial score (nSPS) is 13.8. The highest BCUT2D eigenvalue weighted by atomic mass is 79.9. The first-order valence-electron chi connectivity index (χ1n) is 5.23. The van der Waals surface area contributed by atoms with Crippen molar-refractivity contribution in [3.05, 3.63) is 21.9 Å². The van der Waals surface area contributed by atoms with Crippen molar-refractivity contribution in [3.8, 4) is 0 Å². The van der Waals surface area contributed by atoms with Crippen LogP contribution < -0.4 is 0 Å². The summed E-state index contributed by atoms with van der Waals surface area (Å²) in [6, 6.07) is 1.36. The third-order valence-corrected chi connectivity index (χ3v) is 4.97. The predicted molar refractivity (Wildman–Crippen MR) is 74.6 cm³/mol. The molecule has 1 N–H and O–H groups in total. The van der Waals surface area contributed by atoms with Gasteiger partial charge in [0.1, 0.15) is 10.0 Å². The van der Waals surface area contributed by atoms with Crippen LogP contribution in [0.2, 0.25) is 5.15 Å². The lowest BCUT2D eigenvalue weighted by atomic mass is 10.4. The van der Waals surface area contributed by atoms with Crippen molar-refractivity contribution in [1.29, 1.82) is 0 Å². The number of nitrogens with zero attached hydrogens (tertiary/aromatic N) is 2. The van der Waals surface area contributed by atoms with E-state index in [1.165, 1.54) is 26.4 Å². The molecular formula is C10H14BrClN2O4S. The molecule has 1 aromatic rings. The molecule has 1 rings (SSSR count). The largest absolute Gasteiger partial charge is 0.389 e. The fourth-order valence-corrected chi connectivity index (χ4v) is 3.52. The van der Waals surface area contributed by atoms with E-state index in [4.69, 9.17) is 16.3 Å². The highest BCUT2D eigenvalue weighted by molar-refractivity contribution is 9.10. The smallest absolute Gasteiger partial charge is 0.246 e. The zero-order valence-electron chi connectivity index (χ0n) is 10.4. The Hall–Kier alpha value is -0.250. The number of likely N-dealkylation sites (N-methyl/N-ethyl adjacent to an activating group) is 1. The molecule has 0 aliphatic heterocycles. The SMILES string of the molecule is COCC(O)CN(C)S(=O)(=O)c1cc(Br)cnc1Cl. The Morgan fingerprint density at radius 1 is 1.63 bits per heavy atom. The number of hydrogen-bond acceptors (Lipinski definition) is 5. The van der Waals surface area contributed by atoms with Crippen molar-refractivity contribution in [2.24, 2.45) is 0 Å². The summed E-state index contributed by atoms with van der Waals surface area (Å²) in [5.41, 5.74) is 0. The van der Waals surface area contributed by atoms with Crippen molar-refractivity contribution >= 4 is 37.6 Å². The van der Waals surface area contributed by atoms with Crippen LogP contribution in [0.4, 0.5) is 0 Å². The number of aliphatic hydroxyl groups is 1. The van der Waals surface area contributed by atoms with Gasteiger partial charge in [-0.3, -0.25) is 0 Å². The molecule has 1 atom stereocenters. The highest BCUT2D eigenvalue weighted by Gasteiger charge is 2.26. The summed E-state index contributed by atoms with van der Waals surface area (Å²) in [5, 5.41) is 9.45.